The first-order valence-electron chi connectivity index (χ1n) is 10.7. The van der Waals surface area contributed by atoms with Crippen LogP contribution in [0, 0.1) is 11.3 Å². The number of esters is 1. The molecule has 0 saturated carbocycles. The van der Waals surface area contributed by atoms with Gasteiger partial charge in [0.1, 0.15) is 23.0 Å². The van der Waals surface area contributed by atoms with E-state index in [1.165, 1.54) is 6.07 Å². The van der Waals surface area contributed by atoms with Crippen LogP contribution >= 0.6 is 15.9 Å². The molecule has 0 radical (unpaired) electrons. The number of hydrogen-bond donors (Lipinski definition) is 1. The van der Waals surface area contributed by atoms with E-state index >= 15 is 0 Å². The van der Waals surface area contributed by atoms with Gasteiger partial charge in [0.15, 0.2) is 5.41 Å². The van der Waals surface area contributed by atoms with Gasteiger partial charge in [0.25, 0.3) is 5.91 Å². The van der Waals surface area contributed by atoms with E-state index in [0.29, 0.717) is 10.0 Å². The summed E-state index contributed by atoms with van der Waals surface area (Å²) in [5, 5.41) is 10.2. The molecule has 0 aliphatic carbocycles. The summed E-state index contributed by atoms with van der Waals surface area (Å²) in [6.07, 6.45) is -0.954. The van der Waals surface area contributed by atoms with Crippen LogP contribution in [0.5, 0.6) is 0 Å². The Hall–Kier alpha value is -4.10. The van der Waals surface area contributed by atoms with Crippen molar-refractivity contribution < 1.29 is 28.6 Å². The fourth-order valence-corrected chi connectivity index (χ4v) is 4.68. The Balaban J connectivity index is 2.17. The van der Waals surface area contributed by atoms with Gasteiger partial charge >= 0.3 is 12.1 Å². The number of halogens is 1. The van der Waals surface area contributed by atoms with E-state index in [-0.39, 0.29) is 47.3 Å². The third-order valence-electron chi connectivity index (χ3n) is 5.64. The zero-order chi connectivity index (χ0) is 25.3. The molecule has 0 aromatic heterocycles. The van der Waals surface area contributed by atoms with Gasteiger partial charge in [-0.3, -0.25) is 4.79 Å². The fraction of sp³-hybridized carbons (Fsp3) is 0.200. The first-order valence-corrected chi connectivity index (χ1v) is 11.5. The summed E-state index contributed by atoms with van der Waals surface area (Å²) in [5.74, 6) is -2.21. The predicted octanol–water partition coefficient (Wildman–Crippen LogP) is 3.89. The Morgan fingerprint density at radius 1 is 1.14 bits per heavy atom. The molecular formula is C25H20BrN3O6. The Bertz CT molecular complexity index is 1340. The maximum Gasteiger partial charge on any atom is 0.421 e. The lowest BCUT2D eigenvalue weighted by Crippen LogP contribution is -2.50. The molecule has 35 heavy (non-hydrogen) atoms. The average molecular weight is 538 g/mol. The van der Waals surface area contributed by atoms with Crippen LogP contribution in [-0.4, -0.2) is 31.2 Å². The standard InChI is InChI=1S/C25H20BrN3O6/c1-3-33-22(30)19-20(14-8-6-5-7-9-14)35-21(28)17(13-27)25(19)16-12-15(26)10-11-18(16)29(23(25)31)24(32)34-4-2/h5-12H,3-4,28H2,1-2H3. The van der Waals surface area contributed by atoms with Crippen LogP contribution in [0.15, 0.2) is 70.0 Å². The number of amides is 2. The molecule has 2 aromatic rings. The first-order chi connectivity index (χ1) is 16.8. The van der Waals surface area contributed by atoms with Crippen LogP contribution in [0.3, 0.4) is 0 Å². The Labute approximate surface area is 209 Å². The molecular weight excluding hydrogens is 518 g/mol. The summed E-state index contributed by atoms with van der Waals surface area (Å²) < 4.78 is 16.8. The van der Waals surface area contributed by atoms with Crippen molar-refractivity contribution in [3.63, 3.8) is 0 Å². The number of nitriles is 1. The molecule has 0 bridgehead atoms. The van der Waals surface area contributed by atoms with Gasteiger partial charge < -0.3 is 19.9 Å². The lowest BCUT2D eigenvalue weighted by molar-refractivity contribution is -0.140. The minimum absolute atomic E-state index is 0.00348. The second kappa shape index (κ2) is 9.27. The summed E-state index contributed by atoms with van der Waals surface area (Å²) in [6, 6.07) is 15.2. The number of fused-ring (bicyclic) bond motifs is 2. The quantitative estimate of drug-likeness (QED) is 0.580. The molecule has 178 valence electrons. The number of carbonyl (C=O) groups is 3. The lowest BCUT2D eigenvalue weighted by atomic mass is 9.67. The van der Waals surface area contributed by atoms with E-state index in [0.717, 1.165) is 4.90 Å². The van der Waals surface area contributed by atoms with Crippen molar-refractivity contribution in [2.45, 2.75) is 19.3 Å². The van der Waals surface area contributed by atoms with Gasteiger partial charge in [-0.1, -0.05) is 46.3 Å². The van der Waals surface area contributed by atoms with Gasteiger partial charge in [-0.15, -0.1) is 0 Å². The summed E-state index contributed by atoms with van der Waals surface area (Å²) in [4.78, 5) is 41.5. The third kappa shape index (κ3) is 3.56. The van der Waals surface area contributed by atoms with Crippen LogP contribution < -0.4 is 10.6 Å². The van der Waals surface area contributed by atoms with E-state index < -0.39 is 23.4 Å². The topological polar surface area (TPSA) is 132 Å². The monoisotopic (exact) mass is 537 g/mol. The van der Waals surface area contributed by atoms with Crippen LogP contribution in [-0.2, 0) is 29.2 Å². The Morgan fingerprint density at radius 2 is 1.83 bits per heavy atom. The number of carbonyl (C=O) groups excluding carboxylic acids is 3. The number of hydrogen-bond acceptors (Lipinski definition) is 8. The molecule has 1 atom stereocenters. The van der Waals surface area contributed by atoms with Crippen LogP contribution in [0.1, 0.15) is 25.0 Å². The van der Waals surface area contributed by atoms with Gasteiger partial charge in [0.2, 0.25) is 5.88 Å². The molecule has 9 nitrogen and oxygen atoms in total. The molecule has 4 rings (SSSR count). The Kier molecular flexibility index (Phi) is 6.37. The average Bonchev–Trinajstić information content (AvgIpc) is 3.08. The lowest BCUT2D eigenvalue weighted by Gasteiger charge is -2.35. The van der Waals surface area contributed by atoms with E-state index in [1.54, 1.807) is 56.3 Å². The number of anilines is 1. The van der Waals surface area contributed by atoms with Crippen LogP contribution in [0.25, 0.3) is 5.76 Å². The Morgan fingerprint density at radius 3 is 2.46 bits per heavy atom. The first kappa shape index (κ1) is 24.0. The minimum Gasteiger partial charge on any atom is -0.462 e. The van der Waals surface area contributed by atoms with Crippen molar-refractivity contribution in [1.29, 1.82) is 5.26 Å². The smallest absolute Gasteiger partial charge is 0.421 e. The fourth-order valence-electron chi connectivity index (χ4n) is 4.32. The van der Waals surface area contributed by atoms with Gasteiger partial charge in [0, 0.05) is 15.6 Å². The molecule has 0 fully saturated rings. The molecule has 1 unspecified atom stereocenters. The number of imide groups is 1. The van der Waals surface area contributed by atoms with Crippen LogP contribution in [0.2, 0.25) is 0 Å². The largest absolute Gasteiger partial charge is 0.462 e. The molecule has 1 spiro atoms. The number of benzene rings is 2. The van der Waals surface area contributed by atoms with E-state index in [1.807, 2.05) is 6.07 Å². The van der Waals surface area contributed by atoms with Crippen molar-refractivity contribution in [1.82, 2.24) is 0 Å². The van der Waals surface area contributed by atoms with Crippen molar-refractivity contribution in [2.75, 3.05) is 18.1 Å². The van der Waals surface area contributed by atoms with Crippen molar-refractivity contribution in [3.05, 3.63) is 81.2 Å². The van der Waals surface area contributed by atoms with Gasteiger partial charge in [-0.05, 0) is 32.0 Å². The highest BCUT2D eigenvalue weighted by molar-refractivity contribution is 9.10. The van der Waals surface area contributed by atoms with Gasteiger partial charge in [-0.25, -0.2) is 14.5 Å². The highest BCUT2D eigenvalue weighted by Crippen LogP contribution is 2.56. The summed E-state index contributed by atoms with van der Waals surface area (Å²) >= 11 is 3.39. The molecule has 10 heteroatoms. The molecule has 2 heterocycles. The maximum atomic E-state index is 14.2. The molecule has 2 aliphatic heterocycles. The SMILES string of the molecule is CCOC(=O)C1=C(c2ccccc2)OC(N)=C(C#N)C12C(=O)N(C(=O)OCC)c1ccc(Br)cc12. The normalized spacial score (nSPS) is 18.8. The number of ether oxygens (including phenoxy) is 3. The molecule has 0 saturated heterocycles. The maximum absolute atomic E-state index is 14.2. The molecule has 2 aliphatic rings. The van der Waals surface area contributed by atoms with Crippen molar-refractivity contribution >= 4 is 45.3 Å². The van der Waals surface area contributed by atoms with Crippen LogP contribution in [0.4, 0.5) is 10.5 Å². The predicted molar refractivity (Wildman–Crippen MR) is 128 cm³/mol. The molecule has 2 N–H and O–H groups in total. The molecule has 2 aromatic carbocycles. The summed E-state index contributed by atoms with van der Waals surface area (Å²) in [7, 11) is 0. The van der Waals surface area contributed by atoms with E-state index in [4.69, 9.17) is 19.9 Å². The second-order valence-electron chi connectivity index (χ2n) is 7.49. The highest BCUT2D eigenvalue weighted by atomic mass is 79.9. The van der Waals surface area contributed by atoms with Gasteiger partial charge in [-0.2, -0.15) is 5.26 Å². The summed E-state index contributed by atoms with van der Waals surface area (Å²) in [6.45, 7) is 3.20. The summed E-state index contributed by atoms with van der Waals surface area (Å²) in [5.41, 5.74) is 4.25. The highest BCUT2D eigenvalue weighted by Gasteiger charge is 2.64. The number of nitrogens with two attached hydrogens (primary N) is 1. The minimum atomic E-state index is -2.11. The van der Waals surface area contributed by atoms with E-state index in [9.17, 15) is 19.6 Å². The number of rotatable bonds is 4. The second-order valence-corrected chi connectivity index (χ2v) is 8.41. The zero-order valence-corrected chi connectivity index (χ0v) is 20.4. The zero-order valence-electron chi connectivity index (χ0n) is 18.8. The number of nitrogens with zero attached hydrogens (tertiary/aromatic N) is 2. The molecule has 2 amide bonds. The van der Waals surface area contributed by atoms with Gasteiger partial charge in [0.05, 0.1) is 18.9 Å². The van der Waals surface area contributed by atoms with Crippen molar-refractivity contribution in [3.8, 4) is 6.07 Å². The van der Waals surface area contributed by atoms with E-state index in [2.05, 4.69) is 15.9 Å². The third-order valence-corrected chi connectivity index (χ3v) is 6.13. The van der Waals surface area contributed by atoms with Crippen molar-refractivity contribution in [2.24, 2.45) is 5.73 Å².